The van der Waals surface area contributed by atoms with Crippen molar-refractivity contribution in [3.05, 3.63) is 72.4 Å². The maximum atomic E-state index is 12.8. The van der Waals surface area contributed by atoms with Crippen LogP contribution in [0, 0.1) is 0 Å². The van der Waals surface area contributed by atoms with Gasteiger partial charge in [0.25, 0.3) is 5.91 Å². The Morgan fingerprint density at radius 1 is 1.10 bits per heavy atom. The van der Waals surface area contributed by atoms with E-state index in [9.17, 15) is 18.0 Å². The van der Waals surface area contributed by atoms with Crippen LogP contribution in [0.2, 0.25) is 0 Å². The minimum Gasteiger partial charge on any atom is -0.435 e. The van der Waals surface area contributed by atoms with Crippen molar-refractivity contribution >= 4 is 11.6 Å². The maximum absolute atomic E-state index is 12.8. The third kappa shape index (κ3) is 4.53. The fraction of sp³-hybridized carbons (Fsp3) is 0.182. The highest BCUT2D eigenvalue weighted by Crippen LogP contribution is 2.33. The smallest absolute Gasteiger partial charge is 0.416 e. The third-order valence-electron chi connectivity index (χ3n) is 4.35. The number of alkyl halides is 3. The zero-order valence-electron chi connectivity index (χ0n) is 16.5. The molecule has 0 saturated carbocycles. The first kappa shape index (κ1) is 21.2. The van der Waals surface area contributed by atoms with Crippen LogP contribution in [0.3, 0.4) is 0 Å². The lowest BCUT2D eigenvalue weighted by molar-refractivity contribution is -0.137. The number of oxazole rings is 1. The number of anilines is 1. The molecule has 0 aliphatic carbocycles. The molecule has 0 radical (unpaired) electrons. The minimum absolute atomic E-state index is 0.0457. The molecule has 8 heteroatoms. The molecule has 0 fully saturated rings. The number of carbonyl (C=O) groups is 1. The second-order valence-electron chi connectivity index (χ2n) is 6.71. The van der Waals surface area contributed by atoms with Crippen molar-refractivity contribution < 1.29 is 22.4 Å². The standard InChI is InChI=1S/C22H20F3N3O2/c1-4-13-26-20(29)18-19(14-7-11-17(12-8-14)28(2)3)30-21(27-18)15-5-9-16(10-6-15)22(23,24)25/h4-12H,1,13H2,2-3H3,(H,26,29). The SMILES string of the molecule is C=CCNC(=O)c1nc(-c2ccc(C(F)(F)F)cc2)oc1-c1ccc(N(C)C)cc1. The van der Waals surface area contributed by atoms with Gasteiger partial charge in [-0.3, -0.25) is 4.79 Å². The predicted octanol–water partition coefficient (Wildman–Crippen LogP) is 5.01. The molecule has 5 nitrogen and oxygen atoms in total. The zero-order chi connectivity index (χ0) is 21.9. The van der Waals surface area contributed by atoms with Gasteiger partial charge in [0.05, 0.1) is 5.56 Å². The van der Waals surface area contributed by atoms with Crippen molar-refractivity contribution in [2.45, 2.75) is 6.18 Å². The Morgan fingerprint density at radius 2 is 1.70 bits per heavy atom. The number of halogens is 3. The summed E-state index contributed by atoms with van der Waals surface area (Å²) in [7, 11) is 3.81. The van der Waals surface area contributed by atoms with E-state index in [1.807, 2.05) is 31.1 Å². The monoisotopic (exact) mass is 415 g/mol. The van der Waals surface area contributed by atoms with Crippen LogP contribution >= 0.6 is 0 Å². The number of amides is 1. The average molecular weight is 415 g/mol. The lowest BCUT2D eigenvalue weighted by atomic mass is 10.1. The summed E-state index contributed by atoms with van der Waals surface area (Å²) >= 11 is 0. The van der Waals surface area contributed by atoms with E-state index in [4.69, 9.17) is 4.42 Å². The molecule has 0 aliphatic rings. The minimum atomic E-state index is -4.44. The molecule has 1 N–H and O–H groups in total. The van der Waals surface area contributed by atoms with Gasteiger partial charge in [0, 0.05) is 37.5 Å². The van der Waals surface area contributed by atoms with Crippen LogP contribution < -0.4 is 10.2 Å². The fourth-order valence-electron chi connectivity index (χ4n) is 2.75. The van der Waals surface area contributed by atoms with Crippen molar-refractivity contribution in [3.63, 3.8) is 0 Å². The highest BCUT2D eigenvalue weighted by molar-refractivity contribution is 5.98. The molecule has 30 heavy (non-hydrogen) atoms. The maximum Gasteiger partial charge on any atom is 0.416 e. The van der Waals surface area contributed by atoms with Crippen molar-refractivity contribution in [1.82, 2.24) is 10.3 Å². The summed E-state index contributed by atoms with van der Waals surface area (Å²) in [6, 6.07) is 11.7. The van der Waals surface area contributed by atoms with E-state index in [1.54, 1.807) is 12.1 Å². The second kappa shape index (κ2) is 8.44. The van der Waals surface area contributed by atoms with Gasteiger partial charge in [0.15, 0.2) is 11.5 Å². The highest BCUT2D eigenvalue weighted by atomic mass is 19.4. The summed E-state index contributed by atoms with van der Waals surface area (Å²) in [5, 5.41) is 2.65. The molecule has 0 unspecified atom stereocenters. The van der Waals surface area contributed by atoms with Crippen LogP contribution in [0.1, 0.15) is 16.1 Å². The van der Waals surface area contributed by atoms with Gasteiger partial charge in [0.2, 0.25) is 5.89 Å². The van der Waals surface area contributed by atoms with Gasteiger partial charge in [-0.15, -0.1) is 6.58 Å². The van der Waals surface area contributed by atoms with Gasteiger partial charge >= 0.3 is 6.18 Å². The van der Waals surface area contributed by atoms with Crippen LogP contribution in [0.4, 0.5) is 18.9 Å². The predicted molar refractivity (Wildman–Crippen MR) is 109 cm³/mol. The summed E-state index contributed by atoms with van der Waals surface area (Å²) in [5.41, 5.74) is 1.18. The van der Waals surface area contributed by atoms with Crippen LogP contribution in [0.5, 0.6) is 0 Å². The first-order chi connectivity index (χ1) is 14.2. The Labute approximate surface area is 171 Å². The van der Waals surface area contributed by atoms with E-state index in [2.05, 4.69) is 16.9 Å². The van der Waals surface area contributed by atoms with Crippen LogP contribution in [0.25, 0.3) is 22.8 Å². The van der Waals surface area contributed by atoms with Gasteiger partial charge in [-0.05, 0) is 48.5 Å². The fourth-order valence-corrected chi connectivity index (χ4v) is 2.75. The Hall–Kier alpha value is -3.55. The number of benzene rings is 2. The van der Waals surface area contributed by atoms with E-state index >= 15 is 0 Å². The van der Waals surface area contributed by atoms with E-state index in [0.29, 0.717) is 11.1 Å². The van der Waals surface area contributed by atoms with E-state index in [0.717, 1.165) is 17.8 Å². The molecule has 0 saturated heterocycles. The summed E-state index contributed by atoms with van der Waals surface area (Å²) in [6.07, 6.45) is -2.91. The number of carbonyl (C=O) groups excluding carboxylic acids is 1. The van der Waals surface area contributed by atoms with Crippen LogP contribution in [-0.4, -0.2) is 31.5 Å². The molecule has 1 aromatic heterocycles. The molecule has 1 heterocycles. The van der Waals surface area contributed by atoms with Gasteiger partial charge in [-0.1, -0.05) is 6.08 Å². The van der Waals surface area contributed by atoms with Crippen LogP contribution in [0.15, 0.2) is 65.6 Å². The van der Waals surface area contributed by atoms with Crippen molar-refractivity contribution in [1.29, 1.82) is 0 Å². The molecule has 2 aromatic carbocycles. The number of nitrogens with zero attached hydrogens (tertiary/aromatic N) is 2. The molecule has 0 atom stereocenters. The number of aromatic nitrogens is 1. The molecule has 0 spiro atoms. The first-order valence-corrected chi connectivity index (χ1v) is 9.06. The highest BCUT2D eigenvalue weighted by Gasteiger charge is 2.30. The quantitative estimate of drug-likeness (QED) is 0.575. The number of hydrogen-bond donors (Lipinski definition) is 1. The summed E-state index contributed by atoms with van der Waals surface area (Å²) in [4.78, 5) is 18.7. The molecular weight excluding hydrogens is 395 g/mol. The lowest BCUT2D eigenvalue weighted by Gasteiger charge is -2.12. The summed E-state index contributed by atoms with van der Waals surface area (Å²) in [6.45, 7) is 3.80. The van der Waals surface area contributed by atoms with Gasteiger partial charge in [-0.25, -0.2) is 4.98 Å². The topological polar surface area (TPSA) is 58.4 Å². The first-order valence-electron chi connectivity index (χ1n) is 9.06. The zero-order valence-corrected chi connectivity index (χ0v) is 16.5. The van der Waals surface area contributed by atoms with Gasteiger partial charge < -0.3 is 14.6 Å². The molecule has 0 bridgehead atoms. The largest absolute Gasteiger partial charge is 0.435 e. The molecular formula is C22H20F3N3O2. The number of hydrogen-bond acceptors (Lipinski definition) is 4. The Kier molecular flexibility index (Phi) is 5.96. The van der Waals surface area contributed by atoms with E-state index < -0.39 is 17.6 Å². The normalized spacial score (nSPS) is 11.2. The molecule has 3 aromatic rings. The van der Waals surface area contributed by atoms with Gasteiger partial charge in [-0.2, -0.15) is 13.2 Å². The second-order valence-corrected chi connectivity index (χ2v) is 6.71. The average Bonchev–Trinajstić information content (AvgIpc) is 3.17. The van der Waals surface area contributed by atoms with Crippen molar-refractivity contribution in [3.8, 4) is 22.8 Å². The van der Waals surface area contributed by atoms with Crippen LogP contribution in [-0.2, 0) is 6.18 Å². The van der Waals surface area contributed by atoms with Gasteiger partial charge in [0.1, 0.15) is 0 Å². The molecule has 156 valence electrons. The number of nitrogens with one attached hydrogen (secondary N) is 1. The third-order valence-corrected chi connectivity index (χ3v) is 4.35. The summed E-state index contributed by atoms with van der Waals surface area (Å²) < 4.78 is 44.3. The van der Waals surface area contributed by atoms with E-state index in [-0.39, 0.29) is 23.9 Å². The Balaban J connectivity index is 2.03. The molecule has 3 rings (SSSR count). The Bertz CT molecular complexity index is 1040. The van der Waals surface area contributed by atoms with E-state index in [1.165, 1.54) is 18.2 Å². The summed E-state index contributed by atoms with van der Waals surface area (Å²) in [5.74, 6) is -0.181. The number of rotatable bonds is 6. The van der Waals surface area contributed by atoms with Crippen molar-refractivity contribution in [2.75, 3.05) is 25.5 Å². The molecule has 1 amide bonds. The Morgan fingerprint density at radius 3 is 2.23 bits per heavy atom. The molecule has 0 aliphatic heterocycles. The van der Waals surface area contributed by atoms with Crippen molar-refractivity contribution in [2.24, 2.45) is 0 Å². The lowest BCUT2D eigenvalue weighted by Crippen LogP contribution is -2.24.